The van der Waals surface area contributed by atoms with Crippen LogP contribution in [0.2, 0.25) is 0 Å². The standard InChI is InChI=1S/C20H22O6/c1-5-25-18-12-15(8-11-17(18)24-4)20(22)26-13(2)19(21)14-6-9-16(23-3)10-7-14/h6-13H,5H2,1-4H3/t13-/m1/s1. The van der Waals surface area contributed by atoms with Gasteiger partial charge in [0.25, 0.3) is 0 Å². The molecule has 0 spiro atoms. The summed E-state index contributed by atoms with van der Waals surface area (Å²) < 4.78 is 21.0. The Kier molecular flexibility index (Phi) is 6.60. The molecule has 0 amide bonds. The Morgan fingerprint density at radius 2 is 1.58 bits per heavy atom. The summed E-state index contributed by atoms with van der Waals surface area (Å²) >= 11 is 0. The summed E-state index contributed by atoms with van der Waals surface area (Å²) in [5.41, 5.74) is 0.722. The molecule has 0 unspecified atom stereocenters. The van der Waals surface area contributed by atoms with Crippen LogP contribution in [0.1, 0.15) is 34.6 Å². The van der Waals surface area contributed by atoms with Crippen LogP contribution in [0.25, 0.3) is 0 Å². The first kappa shape index (κ1) is 19.3. The summed E-state index contributed by atoms with van der Waals surface area (Å²) in [6.45, 7) is 3.80. The number of Topliss-reactive ketones (excluding diaryl/α,β-unsaturated/α-hetero) is 1. The molecule has 0 aliphatic carbocycles. The van der Waals surface area contributed by atoms with Crippen molar-refractivity contribution in [1.82, 2.24) is 0 Å². The highest BCUT2D eigenvalue weighted by molar-refractivity contribution is 6.01. The summed E-state index contributed by atoms with van der Waals surface area (Å²) in [5, 5.41) is 0. The SMILES string of the molecule is CCOc1cc(C(=O)O[C@H](C)C(=O)c2ccc(OC)cc2)ccc1OC. The van der Waals surface area contributed by atoms with Crippen molar-refractivity contribution in [3.05, 3.63) is 53.6 Å². The van der Waals surface area contributed by atoms with E-state index in [2.05, 4.69) is 0 Å². The first-order valence-corrected chi connectivity index (χ1v) is 8.20. The molecule has 0 N–H and O–H groups in total. The lowest BCUT2D eigenvalue weighted by Crippen LogP contribution is -2.24. The molecule has 1 atom stereocenters. The van der Waals surface area contributed by atoms with Crippen LogP contribution in [0.4, 0.5) is 0 Å². The van der Waals surface area contributed by atoms with E-state index in [4.69, 9.17) is 18.9 Å². The Hall–Kier alpha value is -3.02. The molecule has 2 rings (SSSR count). The predicted molar refractivity (Wildman–Crippen MR) is 96.4 cm³/mol. The summed E-state index contributed by atoms with van der Waals surface area (Å²) in [7, 11) is 3.07. The Balaban J connectivity index is 2.10. The number of methoxy groups -OCH3 is 2. The van der Waals surface area contributed by atoms with E-state index in [1.54, 1.807) is 43.5 Å². The van der Waals surface area contributed by atoms with Gasteiger partial charge in [0.15, 0.2) is 17.6 Å². The molecule has 0 bridgehead atoms. The molecule has 0 radical (unpaired) electrons. The molecule has 2 aromatic carbocycles. The van der Waals surface area contributed by atoms with Crippen molar-refractivity contribution in [2.45, 2.75) is 20.0 Å². The predicted octanol–water partition coefficient (Wildman–Crippen LogP) is 3.53. The summed E-state index contributed by atoms with van der Waals surface area (Å²) in [5.74, 6) is 0.708. The third-order valence-corrected chi connectivity index (χ3v) is 3.73. The van der Waals surface area contributed by atoms with Gasteiger partial charge in [0, 0.05) is 5.56 Å². The van der Waals surface area contributed by atoms with Gasteiger partial charge in [-0.15, -0.1) is 0 Å². The molecular formula is C20H22O6. The highest BCUT2D eigenvalue weighted by Crippen LogP contribution is 2.28. The van der Waals surface area contributed by atoms with Crippen molar-refractivity contribution in [2.75, 3.05) is 20.8 Å². The molecule has 0 aromatic heterocycles. The van der Waals surface area contributed by atoms with Crippen LogP contribution in [0.5, 0.6) is 17.2 Å². The molecular weight excluding hydrogens is 336 g/mol. The van der Waals surface area contributed by atoms with E-state index < -0.39 is 12.1 Å². The number of hydrogen-bond acceptors (Lipinski definition) is 6. The highest BCUT2D eigenvalue weighted by atomic mass is 16.5. The zero-order valence-corrected chi connectivity index (χ0v) is 15.3. The Bertz CT molecular complexity index is 766. The smallest absolute Gasteiger partial charge is 0.338 e. The maximum Gasteiger partial charge on any atom is 0.338 e. The number of carbonyl (C=O) groups excluding carboxylic acids is 2. The Morgan fingerprint density at radius 1 is 0.923 bits per heavy atom. The lowest BCUT2D eigenvalue weighted by molar-refractivity contribution is 0.0318. The van der Waals surface area contributed by atoms with Crippen molar-refractivity contribution in [1.29, 1.82) is 0 Å². The van der Waals surface area contributed by atoms with E-state index >= 15 is 0 Å². The lowest BCUT2D eigenvalue weighted by atomic mass is 10.1. The van der Waals surface area contributed by atoms with Crippen molar-refractivity contribution in [2.24, 2.45) is 0 Å². The quantitative estimate of drug-likeness (QED) is 0.531. The van der Waals surface area contributed by atoms with Crippen molar-refractivity contribution in [3.63, 3.8) is 0 Å². The minimum Gasteiger partial charge on any atom is -0.497 e. The fourth-order valence-electron chi connectivity index (χ4n) is 2.34. The Labute approximate surface area is 152 Å². The van der Waals surface area contributed by atoms with Crippen LogP contribution in [0.3, 0.4) is 0 Å². The number of hydrogen-bond donors (Lipinski definition) is 0. The fraction of sp³-hybridized carbons (Fsp3) is 0.300. The van der Waals surface area contributed by atoms with E-state index in [9.17, 15) is 9.59 Å². The second-order valence-electron chi connectivity index (χ2n) is 5.44. The van der Waals surface area contributed by atoms with Crippen molar-refractivity contribution >= 4 is 11.8 Å². The number of esters is 1. The molecule has 6 heteroatoms. The van der Waals surface area contributed by atoms with Gasteiger partial charge in [-0.05, 0) is 56.3 Å². The van der Waals surface area contributed by atoms with Gasteiger partial charge in [-0.2, -0.15) is 0 Å². The molecule has 2 aromatic rings. The molecule has 26 heavy (non-hydrogen) atoms. The van der Waals surface area contributed by atoms with Crippen molar-refractivity contribution < 1.29 is 28.5 Å². The minimum atomic E-state index is -0.923. The largest absolute Gasteiger partial charge is 0.497 e. The maximum atomic E-state index is 12.4. The van der Waals surface area contributed by atoms with Gasteiger partial charge in [0.05, 0.1) is 26.4 Å². The van der Waals surface area contributed by atoms with Gasteiger partial charge >= 0.3 is 5.97 Å². The van der Waals surface area contributed by atoms with Crippen molar-refractivity contribution in [3.8, 4) is 17.2 Å². The van der Waals surface area contributed by atoms with Crippen LogP contribution in [-0.2, 0) is 4.74 Å². The number of carbonyl (C=O) groups is 2. The average molecular weight is 358 g/mol. The number of rotatable bonds is 8. The Morgan fingerprint density at radius 3 is 2.15 bits per heavy atom. The van der Waals surface area contributed by atoms with Crippen LogP contribution in [0.15, 0.2) is 42.5 Å². The third-order valence-electron chi connectivity index (χ3n) is 3.73. The molecule has 0 saturated carbocycles. The first-order chi connectivity index (χ1) is 12.5. The second kappa shape index (κ2) is 8.89. The average Bonchev–Trinajstić information content (AvgIpc) is 2.67. The van der Waals surface area contributed by atoms with Crippen LogP contribution < -0.4 is 14.2 Å². The summed E-state index contributed by atoms with van der Waals surface area (Å²) in [4.78, 5) is 24.8. The molecule has 6 nitrogen and oxygen atoms in total. The summed E-state index contributed by atoms with van der Waals surface area (Å²) in [6.07, 6.45) is -0.923. The van der Waals surface area contributed by atoms with Crippen LogP contribution in [0, 0.1) is 0 Å². The summed E-state index contributed by atoms with van der Waals surface area (Å²) in [6, 6.07) is 11.3. The van der Waals surface area contributed by atoms with Gasteiger partial charge < -0.3 is 18.9 Å². The van der Waals surface area contributed by atoms with Gasteiger partial charge in [-0.3, -0.25) is 4.79 Å². The van der Waals surface area contributed by atoms with E-state index in [1.165, 1.54) is 20.1 Å². The van der Waals surface area contributed by atoms with Crippen LogP contribution >= 0.6 is 0 Å². The molecule has 138 valence electrons. The number of ether oxygens (including phenoxy) is 4. The van der Waals surface area contributed by atoms with Gasteiger partial charge in [-0.1, -0.05) is 0 Å². The highest BCUT2D eigenvalue weighted by Gasteiger charge is 2.21. The zero-order chi connectivity index (χ0) is 19.1. The second-order valence-corrected chi connectivity index (χ2v) is 5.44. The topological polar surface area (TPSA) is 71.1 Å². The van der Waals surface area contributed by atoms with Crippen LogP contribution in [-0.4, -0.2) is 38.7 Å². The number of benzene rings is 2. The van der Waals surface area contributed by atoms with Gasteiger partial charge in [-0.25, -0.2) is 4.79 Å². The fourth-order valence-corrected chi connectivity index (χ4v) is 2.34. The van der Waals surface area contributed by atoms with E-state index in [0.29, 0.717) is 29.4 Å². The van der Waals surface area contributed by atoms with E-state index in [-0.39, 0.29) is 11.3 Å². The minimum absolute atomic E-state index is 0.281. The molecule has 0 saturated heterocycles. The van der Waals surface area contributed by atoms with Gasteiger partial charge in [0.2, 0.25) is 5.78 Å². The van der Waals surface area contributed by atoms with E-state index in [0.717, 1.165) is 0 Å². The molecule has 0 aliphatic rings. The van der Waals surface area contributed by atoms with Gasteiger partial charge in [0.1, 0.15) is 5.75 Å². The molecule has 0 aliphatic heterocycles. The maximum absolute atomic E-state index is 12.4. The lowest BCUT2D eigenvalue weighted by Gasteiger charge is -2.14. The third kappa shape index (κ3) is 4.53. The monoisotopic (exact) mass is 358 g/mol. The first-order valence-electron chi connectivity index (χ1n) is 8.20. The van der Waals surface area contributed by atoms with E-state index in [1.807, 2.05) is 6.92 Å². The normalized spacial score (nSPS) is 11.4. The number of ketones is 1. The molecule has 0 heterocycles. The zero-order valence-electron chi connectivity index (χ0n) is 15.3. The molecule has 0 fully saturated rings.